The molecule has 0 amide bonds. The Labute approximate surface area is 176 Å². The van der Waals surface area contributed by atoms with E-state index in [1.807, 2.05) is 43.3 Å². The number of allylic oxidation sites excluding steroid dienone is 2. The van der Waals surface area contributed by atoms with E-state index >= 15 is 0 Å². The Morgan fingerprint density at radius 3 is 2.07 bits per heavy atom. The van der Waals surface area contributed by atoms with Crippen molar-refractivity contribution in [3.05, 3.63) is 52.6 Å². The first kappa shape index (κ1) is 21.3. The molecule has 0 aliphatic heterocycles. The number of ether oxygens (including phenoxy) is 4. The van der Waals surface area contributed by atoms with E-state index in [9.17, 15) is 9.90 Å². The molecule has 0 bridgehead atoms. The molecule has 1 atom stereocenters. The Morgan fingerprint density at radius 1 is 0.933 bits per heavy atom. The van der Waals surface area contributed by atoms with Gasteiger partial charge < -0.3 is 24.1 Å². The standard InChI is InChI=1S/C24H26O6/c1-13-18(9-15-10-20(28-4)23(30-6)21(11-15)29-5)17-8-7-16(27-3)12-19(17)22(13)14(2)24(25)26/h7-12,14H,1-6H3,(H,25,26). The number of benzene rings is 2. The summed E-state index contributed by atoms with van der Waals surface area (Å²) < 4.78 is 21.7. The van der Waals surface area contributed by atoms with Gasteiger partial charge in [-0.2, -0.15) is 0 Å². The monoisotopic (exact) mass is 410 g/mol. The molecule has 6 nitrogen and oxygen atoms in total. The maximum Gasteiger partial charge on any atom is 0.310 e. The molecule has 1 unspecified atom stereocenters. The van der Waals surface area contributed by atoms with Gasteiger partial charge in [-0.3, -0.25) is 4.79 Å². The maximum atomic E-state index is 11.8. The highest BCUT2D eigenvalue weighted by atomic mass is 16.5. The molecule has 0 heterocycles. The summed E-state index contributed by atoms with van der Waals surface area (Å²) in [7, 11) is 6.30. The molecular formula is C24H26O6. The molecule has 0 fully saturated rings. The van der Waals surface area contributed by atoms with Crippen LogP contribution in [0.2, 0.25) is 0 Å². The summed E-state index contributed by atoms with van der Waals surface area (Å²) in [4.78, 5) is 11.8. The fourth-order valence-corrected chi connectivity index (χ4v) is 3.88. The molecule has 1 aliphatic carbocycles. The lowest BCUT2D eigenvalue weighted by Crippen LogP contribution is -2.11. The maximum absolute atomic E-state index is 11.8. The van der Waals surface area contributed by atoms with Crippen molar-refractivity contribution in [2.24, 2.45) is 5.92 Å². The third-order valence-corrected chi connectivity index (χ3v) is 5.42. The number of hydrogen-bond acceptors (Lipinski definition) is 5. The molecular weight excluding hydrogens is 384 g/mol. The number of methoxy groups -OCH3 is 4. The molecule has 2 aromatic rings. The van der Waals surface area contributed by atoms with Gasteiger partial charge in [-0.25, -0.2) is 0 Å². The lowest BCUT2D eigenvalue weighted by molar-refractivity contribution is -0.139. The van der Waals surface area contributed by atoms with Crippen LogP contribution in [0, 0.1) is 5.92 Å². The van der Waals surface area contributed by atoms with Crippen molar-refractivity contribution in [3.8, 4) is 23.0 Å². The van der Waals surface area contributed by atoms with Crippen LogP contribution >= 0.6 is 0 Å². The largest absolute Gasteiger partial charge is 0.497 e. The summed E-state index contributed by atoms with van der Waals surface area (Å²) in [5.74, 6) is 0.792. The lowest BCUT2D eigenvalue weighted by Gasteiger charge is -2.13. The summed E-state index contributed by atoms with van der Waals surface area (Å²) in [6.07, 6.45) is 2.01. The van der Waals surface area contributed by atoms with Crippen LogP contribution in [0.5, 0.6) is 23.0 Å². The van der Waals surface area contributed by atoms with Crippen molar-refractivity contribution in [2.45, 2.75) is 13.8 Å². The number of carboxylic acid groups (broad SMARTS) is 1. The first-order valence-electron chi connectivity index (χ1n) is 9.50. The minimum absolute atomic E-state index is 0.520. The number of hydrogen-bond donors (Lipinski definition) is 1. The second kappa shape index (κ2) is 8.53. The van der Waals surface area contributed by atoms with Crippen molar-refractivity contribution in [1.29, 1.82) is 0 Å². The van der Waals surface area contributed by atoms with Crippen molar-refractivity contribution in [2.75, 3.05) is 28.4 Å². The third kappa shape index (κ3) is 3.61. The second-order valence-corrected chi connectivity index (χ2v) is 7.03. The number of rotatable bonds is 7. The molecule has 0 aromatic heterocycles. The van der Waals surface area contributed by atoms with Crippen LogP contribution in [0.3, 0.4) is 0 Å². The van der Waals surface area contributed by atoms with Crippen LogP contribution in [0.15, 0.2) is 35.9 Å². The Hall–Kier alpha value is -3.41. The number of fused-ring (bicyclic) bond motifs is 1. The van der Waals surface area contributed by atoms with E-state index in [-0.39, 0.29) is 0 Å². The predicted octanol–water partition coefficient (Wildman–Crippen LogP) is 4.77. The Balaban J connectivity index is 2.23. The number of carbonyl (C=O) groups is 1. The highest BCUT2D eigenvalue weighted by Crippen LogP contribution is 2.47. The van der Waals surface area contributed by atoms with Crippen LogP contribution in [0.1, 0.15) is 30.5 Å². The average Bonchev–Trinajstić information content (AvgIpc) is 3.02. The van der Waals surface area contributed by atoms with Crippen molar-refractivity contribution in [1.82, 2.24) is 0 Å². The summed E-state index contributed by atoms with van der Waals surface area (Å²) >= 11 is 0. The van der Waals surface area contributed by atoms with Gasteiger partial charge in [0.05, 0.1) is 34.4 Å². The summed E-state index contributed by atoms with van der Waals surface area (Å²) in [6.45, 7) is 3.65. The smallest absolute Gasteiger partial charge is 0.310 e. The molecule has 30 heavy (non-hydrogen) atoms. The van der Waals surface area contributed by atoms with Gasteiger partial charge in [0.2, 0.25) is 5.75 Å². The van der Waals surface area contributed by atoms with Crippen LogP contribution in [0.25, 0.3) is 17.2 Å². The zero-order chi connectivity index (χ0) is 22.0. The van der Waals surface area contributed by atoms with E-state index < -0.39 is 11.9 Å². The lowest BCUT2D eigenvalue weighted by atomic mass is 9.93. The van der Waals surface area contributed by atoms with Gasteiger partial charge in [0.25, 0.3) is 0 Å². The average molecular weight is 410 g/mol. The van der Waals surface area contributed by atoms with Gasteiger partial charge in [0.1, 0.15) is 5.75 Å². The van der Waals surface area contributed by atoms with Crippen molar-refractivity contribution < 1.29 is 28.8 Å². The SMILES string of the molecule is COc1ccc2c(c1)C(C(C)C(=O)O)=C(C)C2=Cc1cc(OC)c(OC)c(OC)c1. The summed E-state index contributed by atoms with van der Waals surface area (Å²) in [5.41, 5.74) is 5.34. The third-order valence-electron chi connectivity index (χ3n) is 5.42. The van der Waals surface area contributed by atoms with Crippen molar-refractivity contribution >= 4 is 23.2 Å². The quantitative estimate of drug-likeness (QED) is 0.709. The minimum atomic E-state index is -0.868. The molecule has 0 spiro atoms. The Morgan fingerprint density at radius 2 is 1.57 bits per heavy atom. The molecule has 1 N–H and O–H groups in total. The van der Waals surface area contributed by atoms with Crippen LogP contribution < -0.4 is 18.9 Å². The normalized spacial score (nSPS) is 15.1. The van der Waals surface area contributed by atoms with E-state index in [0.29, 0.717) is 23.0 Å². The molecule has 0 saturated carbocycles. The topological polar surface area (TPSA) is 74.2 Å². The van der Waals surface area contributed by atoms with E-state index in [1.54, 1.807) is 35.4 Å². The van der Waals surface area contributed by atoms with Crippen LogP contribution in [-0.4, -0.2) is 39.5 Å². The first-order valence-corrected chi connectivity index (χ1v) is 9.50. The highest BCUT2D eigenvalue weighted by Gasteiger charge is 2.30. The second-order valence-electron chi connectivity index (χ2n) is 7.03. The summed E-state index contributed by atoms with van der Waals surface area (Å²) in [6, 6.07) is 9.46. The van der Waals surface area contributed by atoms with Gasteiger partial charge in [-0.05, 0) is 77.6 Å². The molecule has 1 aliphatic rings. The van der Waals surface area contributed by atoms with Crippen LogP contribution in [-0.2, 0) is 4.79 Å². The Kier molecular flexibility index (Phi) is 6.06. The van der Waals surface area contributed by atoms with Gasteiger partial charge >= 0.3 is 5.97 Å². The fraction of sp³-hybridized carbons (Fsp3) is 0.292. The van der Waals surface area contributed by atoms with Gasteiger partial charge in [0.15, 0.2) is 11.5 Å². The molecule has 6 heteroatoms. The van der Waals surface area contributed by atoms with Gasteiger partial charge in [-0.1, -0.05) is 6.07 Å². The van der Waals surface area contributed by atoms with Crippen molar-refractivity contribution in [3.63, 3.8) is 0 Å². The molecule has 0 saturated heterocycles. The number of carboxylic acids is 1. The molecule has 2 aromatic carbocycles. The first-order chi connectivity index (χ1) is 14.4. The zero-order valence-electron chi connectivity index (χ0n) is 18.0. The number of aliphatic carboxylic acids is 1. The summed E-state index contributed by atoms with van der Waals surface area (Å²) in [5, 5.41) is 9.65. The Bertz CT molecular complexity index is 1020. The van der Waals surface area contributed by atoms with E-state index in [2.05, 4.69) is 0 Å². The van der Waals surface area contributed by atoms with E-state index in [1.165, 1.54) is 0 Å². The van der Waals surface area contributed by atoms with Crippen LogP contribution in [0.4, 0.5) is 0 Å². The predicted molar refractivity (Wildman–Crippen MR) is 116 cm³/mol. The molecule has 3 rings (SSSR count). The zero-order valence-corrected chi connectivity index (χ0v) is 18.0. The van der Waals surface area contributed by atoms with E-state index in [0.717, 1.165) is 33.4 Å². The molecule has 0 radical (unpaired) electrons. The fourth-order valence-electron chi connectivity index (χ4n) is 3.88. The highest BCUT2D eigenvalue weighted by molar-refractivity contribution is 6.08. The van der Waals surface area contributed by atoms with Gasteiger partial charge in [-0.15, -0.1) is 0 Å². The van der Waals surface area contributed by atoms with Gasteiger partial charge in [0, 0.05) is 0 Å². The molecule has 158 valence electrons. The van der Waals surface area contributed by atoms with E-state index in [4.69, 9.17) is 18.9 Å². The minimum Gasteiger partial charge on any atom is -0.497 e.